The van der Waals surface area contributed by atoms with Gasteiger partial charge in [0.2, 0.25) is 0 Å². The Morgan fingerprint density at radius 1 is 0.549 bits per heavy atom. The minimum absolute atomic E-state index is 0. The van der Waals surface area contributed by atoms with E-state index in [1.165, 1.54) is 227 Å². The van der Waals surface area contributed by atoms with Crippen LogP contribution < -0.4 is 53.5 Å². The van der Waals surface area contributed by atoms with Crippen molar-refractivity contribution < 1.29 is 87.6 Å². The summed E-state index contributed by atoms with van der Waals surface area (Å²) in [5.41, 5.74) is 0. The molecule has 16 heteroatoms. The van der Waals surface area contributed by atoms with Gasteiger partial charge in [0.25, 0.3) is 0 Å². The number of rotatable bonds is 31. The Balaban J connectivity index is -0.000000154. The van der Waals surface area contributed by atoms with Crippen molar-refractivity contribution in [2.75, 3.05) is 28.7 Å². The summed E-state index contributed by atoms with van der Waals surface area (Å²) in [6.45, 7) is 11.2. The second kappa shape index (κ2) is 82.3. The first-order chi connectivity index (χ1) is 33.3. The van der Waals surface area contributed by atoms with Crippen LogP contribution in [0, 0.1) is 0 Å². The first kappa shape index (κ1) is 88.3. The fourth-order valence-corrected chi connectivity index (χ4v) is 8.51. The third-order valence-corrected chi connectivity index (χ3v) is 12.7. The minimum atomic E-state index is -1.14. The Morgan fingerprint density at radius 2 is 0.789 bits per heavy atom. The largest absolute Gasteiger partial charge is 1.00 e. The van der Waals surface area contributed by atoms with Crippen molar-refractivity contribution >= 4 is 118 Å². The van der Waals surface area contributed by atoms with Gasteiger partial charge in [0.1, 0.15) is 7.38 Å². The van der Waals surface area contributed by atoms with Crippen LogP contribution in [-0.2, 0) is 23.9 Å². The minimum Gasteiger partial charge on any atom is -1.00 e. The molecule has 1 aliphatic heterocycles. The van der Waals surface area contributed by atoms with E-state index >= 15 is 0 Å². The number of aliphatic carboxylic acids is 1. The number of carbonyl (C=O) groups excluding carboxylic acids is 2. The second-order valence-electron chi connectivity index (χ2n) is 19.3. The van der Waals surface area contributed by atoms with Crippen LogP contribution in [-0.4, -0.2) is 83.1 Å². The van der Waals surface area contributed by atoms with Crippen LogP contribution in [0.1, 0.15) is 284 Å². The summed E-state index contributed by atoms with van der Waals surface area (Å²) in [7, 11) is 8.73. The van der Waals surface area contributed by atoms with Gasteiger partial charge in [-0.3, -0.25) is 14.4 Å². The first-order valence-electron chi connectivity index (χ1n) is 28.2. The number of aliphatic hydroxyl groups is 1. The molecular formula is C55H111Cl3I3NaO7SiSn. The Hall–Kier alpha value is 3.45. The molecule has 0 bridgehead atoms. The summed E-state index contributed by atoms with van der Waals surface area (Å²) in [4.78, 5) is 32.9. The number of unbranched alkanes of at least 4 members (excludes halogenated alkanes) is 24. The van der Waals surface area contributed by atoms with Gasteiger partial charge >= 0.3 is 84.2 Å². The molecule has 0 aliphatic carbocycles. The molecule has 0 aromatic carbocycles. The summed E-state index contributed by atoms with van der Waals surface area (Å²) in [6.07, 6.45) is 52.8. The molecule has 2 radical (unpaired) electrons. The van der Waals surface area contributed by atoms with Crippen LogP contribution in [0.5, 0.6) is 0 Å². The molecule has 1 rings (SSSR count). The Morgan fingerprint density at radius 3 is 1.06 bits per heavy atom. The van der Waals surface area contributed by atoms with E-state index in [0.29, 0.717) is 32.5 Å². The van der Waals surface area contributed by atoms with Gasteiger partial charge < -0.3 is 43.7 Å². The Bertz CT molecular complexity index is 959. The predicted octanol–water partition coefficient (Wildman–Crippen LogP) is 14.5. The van der Waals surface area contributed by atoms with Crippen LogP contribution in [0.4, 0.5) is 0 Å². The van der Waals surface area contributed by atoms with Crippen molar-refractivity contribution in [2.24, 2.45) is 0 Å². The zero-order chi connectivity index (χ0) is 52.6. The average Bonchev–Trinajstić information content (AvgIpc) is 3.29. The molecule has 1 fully saturated rings. The predicted molar refractivity (Wildman–Crippen MR) is 326 cm³/mol. The fourth-order valence-electron chi connectivity index (χ4n) is 7.43. The van der Waals surface area contributed by atoms with E-state index in [-0.39, 0.29) is 72.1 Å². The van der Waals surface area contributed by atoms with E-state index in [1.807, 2.05) is 6.92 Å². The van der Waals surface area contributed by atoms with E-state index in [4.69, 9.17) is 48.6 Å². The number of ether oxygens (including phenoxy) is 2. The van der Waals surface area contributed by atoms with Crippen molar-refractivity contribution in [2.45, 2.75) is 303 Å². The van der Waals surface area contributed by atoms with Gasteiger partial charge in [-0.05, 0) is 61.2 Å². The number of alkyl halides is 2. The van der Waals surface area contributed by atoms with Crippen LogP contribution in [0.3, 0.4) is 0 Å². The Kier molecular flexibility index (Phi) is 102. The van der Waals surface area contributed by atoms with Gasteiger partial charge in [0.05, 0.1) is 13.2 Å². The molecule has 0 unspecified atom stereocenters. The molecular weight excluding hydrogens is 1430 g/mol. The van der Waals surface area contributed by atoms with Crippen LogP contribution >= 0.6 is 74.1 Å². The van der Waals surface area contributed by atoms with Crippen molar-refractivity contribution in [3.63, 3.8) is 0 Å². The molecule has 0 aromatic rings. The molecule has 1 aliphatic rings. The van der Waals surface area contributed by atoms with Gasteiger partial charge in [-0.15, -0.1) is 0 Å². The Labute approximate surface area is 531 Å². The standard InChI is InChI=1S/C18H35IO2.C16H31IO2.C16H30O2.C3H9ClSi.C2H6O.2ClH.HI.Na.Sn/c1-2-21-18(20)16-14-12-10-8-6-4-3-5-7-9-11-13-15-17-19;17-15-13-11-9-7-5-3-1-2-4-6-8-10-12-14-16(18)19;17-16-14-12-10-8-6-4-2-1-3-5-7-9-11-13-15-18-16;1-5(2,3)4;1-2-3;;;;;/h2-17H2,1H3;1-15H2,(H,18,19);1-15H2;1-3H3;3H,2H2,1H3;3*1H;;/q;;;;;;;;+1;+2/p-3. The SMILES string of the molecule is CCO.CCOC(=O)CCCCCCCCCCCCCCCI.C[Si](C)(C)Cl.O=C(O)CCCCCCCCCCCCCCCI.O=C1CCCCCCCCCCCCCCCO1.[Cl][Sn][Cl].[I-].[Na+]. The van der Waals surface area contributed by atoms with Crippen LogP contribution in [0.2, 0.25) is 19.6 Å². The van der Waals surface area contributed by atoms with E-state index in [9.17, 15) is 14.4 Å². The zero-order valence-electron chi connectivity index (χ0n) is 46.9. The van der Waals surface area contributed by atoms with Crippen molar-refractivity contribution in [3.8, 4) is 0 Å². The summed E-state index contributed by atoms with van der Waals surface area (Å²) in [5.74, 6) is -0.672. The summed E-state index contributed by atoms with van der Waals surface area (Å²) < 4.78 is 12.8. The van der Waals surface area contributed by atoms with Gasteiger partial charge in [-0.25, -0.2) is 0 Å². The number of aliphatic hydroxyl groups excluding tert-OH is 1. The summed E-state index contributed by atoms with van der Waals surface area (Å²) >= 11 is 9.77. The van der Waals surface area contributed by atoms with Gasteiger partial charge in [-0.1, -0.05) is 277 Å². The van der Waals surface area contributed by atoms with E-state index < -0.39 is 32.2 Å². The monoisotopic (exact) mass is 1540 g/mol. The molecule has 0 spiro atoms. The maximum Gasteiger partial charge on any atom is 1.00 e. The van der Waals surface area contributed by atoms with E-state index in [0.717, 1.165) is 32.1 Å². The van der Waals surface area contributed by atoms with Crippen molar-refractivity contribution in [1.82, 2.24) is 0 Å². The smallest absolute Gasteiger partial charge is 1.00 e. The molecule has 71 heavy (non-hydrogen) atoms. The first-order valence-corrected chi connectivity index (χ1v) is 43.0. The normalized spacial score (nSPS) is 13.3. The zero-order valence-corrected chi connectivity index (χ0v) is 61.5. The third-order valence-electron chi connectivity index (χ3n) is 11.1. The third kappa shape index (κ3) is 114. The molecule has 0 amide bonds. The summed E-state index contributed by atoms with van der Waals surface area (Å²) in [6, 6.07) is 0. The second-order valence-corrected chi connectivity index (χ2v) is 33.2. The molecule has 2 N–H and O–H groups in total. The topological polar surface area (TPSA) is 110 Å². The van der Waals surface area contributed by atoms with Crippen LogP contribution in [0.25, 0.3) is 0 Å². The average molecular weight is 1540 g/mol. The molecule has 0 atom stereocenters. The quantitative estimate of drug-likeness (QED) is 0.0178. The van der Waals surface area contributed by atoms with Crippen molar-refractivity contribution in [1.29, 1.82) is 0 Å². The maximum atomic E-state index is 11.4. The number of hydrogen-bond acceptors (Lipinski definition) is 6. The molecule has 0 aromatic heterocycles. The molecule has 7 nitrogen and oxygen atoms in total. The molecule has 1 saturated heterocycles. The number of hydrogen-bond donors (Lipinski definition) is 2. The fraction of sp³-hybridized carbons (Fsp3) is 0.945. The molecule has 1 heterocycles. The van der Waals surface area contributed by atoms with E-state index in [2.05, 4.69) is 64.8 Å². The number of carbonyl (C=O) groups is 3. The molecule has 0 saturated carbocycles. The van der Waals surface area contributed by atoms with Gasteiger partial charge in [0.15, 0.2) is 0 Å². The number of carboxylic acids is 1. The number of cyclic esters (lactones) is 1. The van der Waals surface area contributed by atoms with E-state index in [1.54, 1.807) is 6.92 Å². The summed E-state index contributed by atoms with van der Waals surface area (Å²) in [5, 5.41) is 16.1. The van der Waals surface area contributed by atoms with Gasteiger partial charge in [0, 0.05) is 25.9 Å². The number of carboxylic acid groups (broad SMARTS) is 1. The number of esters is 2. The van der Waals surface area contributed by atoms with Gasteiger partial charge in [-0.2, -0.15) is 11.1 Å². The number of halogens is 6. The van der Waals surface area contributed by atoms with Crippen LogP contribution in [0.15, 0.2) is 0 Å². The maximum absolute atomic E-state index is 11.4. The van der Waals surface area contributed by atoms with Crippen molar-refractivity contribution in [3.05, 3.63) is 0 Å². The molecule has 424 valence electrons.